The first kappa shape index (κ1) is 18.2. The number of methoxy groups -OCH3 is 2. The predicted octanol–water partition coefficient (Wildman–Crippen LogP) is 1.79. The van der Waals surface area contributed by atoms with Gasteiger partial charge in [-0.2, -0.15) is 0 Å². The number of rotatable bonds is 5. The summed E-state index contributed by atoms with van der Waals surface area (Å²) < 4.78 is 16.0. The van der Waals surface area contributed by atoms with E-state index in [1.165, 1.54) is 19.2 Å². The lowest BCUT2D eigenvalue weighted by Gasteiger charge is -2.38. The number of nitrogens with zero attached hydrogens (tertiary/aromatic N) is 2. The lowest BCUT2D eigenvalue weighted by molar-refractivity contribution is -0.385. The van der Waals surface area contributed by atoms with E-state index in [2.05, 4.69) is 0 Å². The number of carbonyl (C=O) groups is 1. The maximum absolute atomic E-state index is 13.0. The predicted molar refractivity (Wildman–Crippen MR) is 86.5 cm³/mol. The fourth-order valence-electron chi connectivity index (χ4n) is 2.79. The number of amides is 1. The van der Waals surface area contributed by atoms with Crippen molar-refractivity contribution in [1.29, 1.82) is 0 Å². The van der Waals surface area contributed by atoms with Crippen molar-refractivity contribution in [2.45, 2.75) is 26.0 Å². The van der Waals surface area contributed by atoms with Crippen LogP contribution in [-0.4, -0.2) is 61.9 Å². The zero-order valence-electron chi connectivity index (χ0n) is 14.3. The molecule has 1 aliphatic heterocycles. The molecule has 8 nitrogen and oxygen atoms in total. The minimum absolute atomic E-state index is 0.0117. The molecule has 1 aromatic rings. The third-order valence-corrected chi connectivity index (χ3v) is 4.28. The molecule has 1 fully saturated rings. The van der Waals surface area contributed by atoms with E-state index in [9.17, 15) is 14.9 Å². The van der Waals surface area contributed by atoms with E-state index in [-0.39, 0.29) is 23.4 Å². The average Bonchev–Trinajstić information content (AvgIpc) is 2.60. The molecular formula is C16H22N2O6. The van der Waals surface area contributed by atoms with Gasteiger partial charge in [-0.25, -0.2) is 0 Å². The van der Waals surface area contributed by atoms with Gasteiger partial charge in [0.25, 0.3) is 11.6 Å². The highest BCUT2D eigenvalue weighted by molar-refractivity contribution is 5.99. The van der Waals surface area contributed by atoms with Crippen LogP contribution in [0.1, 0.15) is 22.8 Å². The summed E-state index contributed by atoms with van der Waals surface area (Å²) in [5, 5.41) is 11.4. The Balaban J connectivity index is 2.45. The minimum atomic E-state index is -0.547. The summed E-state index contributed by atoms with van der Waals surface area (Å²) >= 11 is 0. The Morgan fingerprint density at radius 3 is 2.75 bits per heavy atom. The summed E-state index contributed by atoms with van der Waals surface area (Å²) in [5.41, 5.74) is 0.385. The highest BCUT2D eigenvalue weighted by Gasteiger charge is 2.35. The highest BCUT2D eigenvalue weighted by atomic mass is 16.6. The lowest BCUT2D eigenvalue weighted by Crippen LogP contribution is -2.54. The second kappa shape index (κ2) is 7.59. The number of ether oxygens (including phenoxy) is 3. The molecule has 1 aromatic carbocycles. The van der Waals surface area contributed by atoms with E-state index < -0.39 is 10.8 Å². The number of benzene rings is 1. The summed E-state index contributed by atoms with van der Waals surface area (Å²) in [6.07, 6.45) is -0.249. The van der Waals surface area contributed by atoms with Crippen LogP contribution in [-0.2, 0) is 9.47 Å². The monoisotopic (exact) mass is 338 g/mol. The Labute approximate surface area is 140 Å². The standard InChI is InChI=1S/C16H22N2O6/c1-10-7-13(18(20)21)12(8-15(10)23-4)16(19)17-5-6-24-9-14(17)11(2)22-3/h7-8,11,14H,5-6,9H2,1-4H3/t11?,14-/m0/s1. The average molecular weight is 338 g/mol. The quantitative estimate of drug-likeness (QED) is 0.600. The number of aryl methyl sites for hydroxylation is 1. The van der Waals surface area contributed by atoms with Crippen LogP contribution >= 0.6 is 0 Å². The number of nitro groups is 1. The maximum atomic E-state index is 13.0. The largest absolute Gasteiger partial charge is 0.496 e. The second-order valence-electron chi connectivity index (χ2n) is 5.68. The van der Waals surface area contributed by atoms with Crippen molar-refractivity contribution in [1.82, 2.24) is 4.90 Å². The van der Waals surface area contributed by atoms with Crippen molar-refractivity contribution < 1.29 is 23.9 Å². The van der Waals surface area contributed by atoms with Crippen LogP contribution < -0.4 is 4.74 Å². The van der Waals surface area contributed by atoms with Crippen LogP contribution in [0, 0.1) is 17.0 Å². The molecule has 8 heteroatoms. The molecule has 1 aliphatic rings. The van der Waals surface area contributed by atoms with Crippen LogP contribution in [0.15, 0.2) is 12.1 Å². The topological polar surface area (TPSA) is 91.1 Å². The highest BCUT2D eigenvalue weighted by Crippen LogP contribution is 2.30. The van der Waals surface area contributed by atoms with Crippen LogP contribution in [0.3, 0.4) is 0 Å². The molecule has 0 aromatic heterocycles. The molecule has 1 amide bonds. The zero-order chi connectivity index (χ0) is 17.9. The van der Waals surface area contributed by atoms with Gasteiger partial charge in [0.05, 0.1) is 37.4 Å². The summed E-state index contributed by atoms with van der Waals surface area (Å²) in [4.78, 5) is 25.4. The first-order valence-corrected chi connectivity index (χ1v) is 7.65. The number of carbonyl (C=O) groups excluding carboxylic acids is 1. The Kier molecular flexibility index (Phi) is 5.74. The summed E-state index contributed by atoms with van der Waals surface area (Å²) in [6, 6.07) is 2.49. The first-order chi connectivity index (χ1) is 11.4. The van der Waals surface area contributed by atoms with E-state index in [4.69, 9.17) is 14.2 Å². The molecule has 0 radical (unpaired) electrons. The van der Waals surface area contributed by atoms with Crippen molar-refractivity contribution in [3.63, 3.8) is 0 Å². The van der Waals surface area contributed by atoms with Gasteiger partial charge in [0.1, 0.15) is 11.3 Å². The van der Waals surface area contributed by atoms with E-state index in [1.807, 2.05) is 6.92 Å². The van der Waals surface area contributed by atoms with Crippen LogP contribution in [0.4, 0.5) is 5.69 Å². The van der Waals surface area contributed by atoms with Crippen LogP contribution in [0.25, 0.3) is 0 Å². The molecule has 24 heavy (non-hydrogen) atoms. The van der Waals surface area contributed by atoms with E-state index >= 15 is 0 Å². The fraction of sp³-hybridized carbons (Fsp3) is 0.562. The van der Waals surface area contributed by atoms with Crippen molar-refractivity contribution >= 4 is 11.6 Å². The third-order valence-electron chi connectivity index (χ3n) is 4.28. The van der Waals surface area contributed by atoms with E-state index in [0.717, 1.165) is 0 Å². The molecule has 0 saturated carbocycles. The van der Waals surface area contributed by atoms with Gasteiger partial charge >= 0.3 is 0 Å². The Morgan fingerprint density at radius 1 is 1.46 bits per heavy atom. The van der Waals surface area contributed by atoms with Crippen LogP contribution in [0.5, 0.6) is 5.75 Å². The molecule has 0 bridgehead atoms. The maximum Gasteiger partial charge on any atom is 0.282 e. The normalized spacial score (nSPS) is 19.0. The van der Waals surface area contributed by atoms with Gasteiger partial charge in [-0.1, -0.05) is 0 Å². The molecule has 1 unspecified atom stereocenters. The molecule has 132 valence electrons. The third kappa shape index (κ3) is 3.49. The number of nitro benzene ring substituents is 1. The lowest BCUT2D eigenvalue weighted by atomic mass is 10.0. The van der Waals surface area contributed by atoms with Crippen LogP contribution in [0.2, 0.25) is 0 Å². The molecule has 0 spiro atoms. The fourth-order valence-corrected chi connectivity index (χ4v) is 2.79. The minimum Gasteiger partial charge on any atom is -0.496 e. The van der Waals surface area contributed by atoms with Crippen molar-refractivity contribution in [2.75, 3.05) is 34.0 Å². The molecule has 2 rings (SSSR count). The number of hydrogen-bond acceptors (Lipinski definition) is 6. The number of morpholine rings is 1. The zero-order valence-corrected chi connectivity index (χ0v) is 14.3. The molecule has 1 saturated heterocycles. The van der Waals surface area contributed by atoms with Gasteiger partial charge < -0.3 is 19.1 Å². The van der Waals surface area contributed by atoms with Gasteiger partial charge in [-0.15, -0.1) is 0 Å². The molecule has 1 heterocycles. The molecule has 0 N–H and O–H groups in total. The number of hydrogen-bond donors (Lipinski definition) is 0. The molecular weight excluding hydrogens is 316 g/mol. The second-order valence-corrected chi connectivity index (χ2v) is 5.68. The molecule has 2 atom stereocenters. The van der Waals surface area contributed by atoms with E-state index in [0.29, 0.717) is 31.1 Å². The van der Waals surface area contributed by atoms with Gasteiger partial charge in [-0.05, 0) is 19.4 Å². The summed E-state index contributed by atoms with van der Waals surface area (Å²) in [5.74, 6) is 0.0192. The van der Waals surface area contributed by atoms with Crippen molar-refractivity contribution in [3.8, 4) is 5.75 Å². The van der Waals surface area contributed by atoms with Crippen molar-refractivity contribution in [2.24, 2.45) is 0 Å². The first-order valence-electron chi connectivity index (χ1n) is 7.65. The van der Waals surface area contributed by atoms with Crippen molar-refractivity contribution in [3.05, 3.63) is 33.4 Å². The van der Waals surface area contributed by atoms with Gasteiger partial charge in [0.15, 0.2) is 0 Å². The Bertz CT molecular complexity index is 633. The Hall–Kier alpha value is -2.19. The Morgan fingerprint density at radius 2 is 2.17 bits per heavy atom. The summed E-state index contributed by atoms with van der Waals surface area (Å²) in [7, 11) is 3.02. The molecule has 0 aliphatic carbocycles. The van der Waals surface area contributed by atoms with Gasteiger partial charge in [0, 0.05) is 25.8 Å². The van der Waals surface area contributed by atoms with Gasteiger partial charge in [0.2, 0.25) is 0 Å². The SMILES string of the molecule is COc1cc(C(=O)N2CCOC[C@H]2C(C)OC)c([N+](=O)[O-])cc1C. The van der Waals surface area contributed by atoms with Gasteiger partial charge in [-0.3, -0.25) is 14.9 Å². The van der Waals surface area contributed by atoms with E-state index in [1.54, 1.807) is 18.9 Å². The smallest absolute Gasteiger partial charge is 0.282 e. The summed E-state index contributed by atoms with van der Waals surface area (Å²) in [6.45, 7) is 4.60.